The molecule has 0 aliphatic carbocycles. The van der Waals surface area contributed by atoms with Gasteiger partial charge in [0.15, 0.2) is 0 Å². The van der Waals surface area contributed by atoms with Gasteiger partial charge in [-0.25, -0.2) is 4.79 Å². The molecule has 1 atom stereocenters. The van der Waals surface area contributed by atoms with Crippen molar-refractivity contribution in [3.63, 3.8) is 0 Å². The maximum atomic E-state index is 10.5. The number of hydrogen-bond donors (Lipinski definition) is 2. The average molecular weight is 140 g/mol. The highest BCUT2D eigenvalue weighted by atomic mass is 16.4. The summed E-state index contributed by atoms with van der Waals surface area (Å²) in [6.45, 7) is 0.625. The third-order valence-corrected chi connectivity index (χ3v) is 1.71. The van der Waals surface area contributed by atoms with Gasteiger partial charge in [0.1, 0.15) is 0 Å². The fourth-order valence-electron chi connectivity index (χ4n) is 1.07. The predicted molar refractivity (Wildman–Crippen MR) is 33.2 cm³/mol. The van der Waals surface area contributed by atoms with Gasteiger partial charge in [-0.3, -0.25) is 5.32 Å². The number of aliphatic carboxylic acids is 1. The quantitative estimate of drug-likeness (QED) is 0.525. The molecule has 0 aromatic rings. The molecule has 4 nitrogen and oxygen atoms in total. The third-order valence-electron chi connectivity index (χ3n) is 1.71. The first-order valence-corrected chi connectivity index (χ1v) is 3.11. The highest BCUT2D eigenvalue weighted by molar-refractivity contribution is 5.82. The van der Waals surface area contributed by atoms with E-state index in [4.69, 9.17) is 10.4 Å². The third kappa shape index (κ3) is 0.847. The Morgan fingerprint density at radius 3 is 2.70 bits per heavy atom. The molecule has 4 heteroatoms. The van der Waals surface area contributed by atoms with Gasteiger partial charge in [0.2, 0.25) is 5.54 Å². The normalized spacial score (nSPS) is 31.5. The van der Waals surface area contributed by atoms with Gasteiger partial charge in [0.25, 0.3) is 0 Å². The fourth-order valence-corrected chi connectivity index (χ4v) is 1.07. The lowest BCUT2D eigenvalue weighted by Crippen LogP contribution is -2.45. The van der Waals surface area contributed by atoms with Crippen LogP contribution in [0.4, 0.5) is 0 Å². The molecule has 1 saturated heterocycles. The maximum absolute atomic E-state index is 10.5. The van der Waals surface area contributed by atoms with Crippen LogP contribution in [-0.4, -0.2) is 23.2 Å². The van der Waals surface area contributed by atoms with Crippen molar-refractivity contribution in [2.45, 2.75) is 18.4 Å². The van der Waals surface area contributed by atoms with Crippen LogP contribution in [0.25, 0.3) is 0 Å². The lowest BCUT2D eigenvalue weighted by molar-refractivity contribution is -0.141. The van der Waals surface area contributed by atoms with Crippen molar-refractivity contribution in [1.29, 1.82) is 5.26 Å². The minimum atomic E-state index is -1.29. The van der Waals surface area contributed by atoms with Crippen LogP contribution >= 0.6 is 0 Å². The Labute approximate surface area is 58.5 Å². The van der Waals surface area contributed by atoms with Gasteiger partial charge in [-0.1, -0.05) is 0 Å². The number of rotatable bonds is 1. The second kappa shape index (κ2) is 2.27. The molecular formula is C6H8N2O2. The number of nitrogens with one attached hydrogen (secondary N) is 1. The van der Waals surface area contributed by atoms with E-state index < -0.39 is 11.5 Å². The molecule has 1 fully saturated rings. The molecule has 0 aromatic carbocycles. The van der Waals surface area contributed by atoms with Crippen molar-refractivity contribution in [1.82, 2.24) is 5.32 Å². The van der Waals surface area contributed by atoms with E-state index in [9.17, 15) is 4.79 Å². The minimum Gasteiger partial charge on any atom is -0.479 e. The summed E-state index contributed by atoms with van der Waals surface area (Å²) in [4.78, 5) is 10.5. The number of carboxylic acids is 1. The molecule has 0 saturated carbocycles. The molecular weight excluding hydrogens is 132 g/mol. The molecule has 1 rings (SSSR count). The van der Waals surface area contributed by atoms with Crippen LogP contribution in [0.1, 0.15) is 12.8 Å². The summed E-state index contributed by atoms with van der Waals surface area (Å²) in [6, 6.07) is 1.77. The summed E-state index contributed by atoms with van der Waals surface area (Å²) >= 11 is 0. The fraction of sp³-hybridized carbons (Fsp3) is 0.667. The topological polar surface area (TPSA) is 73.1 Å². The van der Waals surface area contributed by atoms with E-state index in [2.05, 4.69) is 5.32 Å². The predicted octanol–water partition coefficient (Wildman–Crippen LogP) is -0.283. The molecule has 1 aliphatic heterocycles. The van der Waals surface area contributed by atoms with E-state index in [1.807, 2.05) is 0 Å². The lowest BCUT2D eigenvalue weighted by Gasteiger charge is -2.13. The Morgan fingerprint density at radius 1 is 1.80 bits per heavy atom. The van der Waals surface area contributed by atoms with Gasteiger partial charge in [0, 0.05) is 0 Å². The molecule has 0 radical (unpaired) electrons. The summed E-state index contributed by atoms with van der Waals surface area (Å²) in [7, 11) is 0. The van der Waals surface area contributed by atoms with Crippen molar-refractivity contribution < 1.29 is 9.90 Å². The maximum Gasteiger partial charge on any atom is 0.338 e. The number of nitrogens with zero attached hydrogens (tertiary/aromatic N) is 1. The molecule has 0 bridgehead atoms. The van der Waals surface area contributed by atoms with Crippen molar-refractivity contribution >= 4 is 5.97 Å². The molecule has 1 heterocycles. The van der Waals surface area contributed by atoms with Crippen molar-refractivity contribution in [2.24, 2.45) is 0 Å². The lowest BCUT2D eigenvalue weighted by atomic mass is 10.0. The molecule has 1 aliphatic rings. The van der Waals surface area contributed by atoms with Crippen LogP contribution < -0.4 is 5.32 Å². The summed E-state index contributed by atoms with van der Waals surface area (Å²) in [5.74, 6) is -1.06. The Hall–Kier alpha value is -1.08. The summed E-state index contributed by atoms with van der Waals surface area (Å²) in [5.41, 5.74) is -1.29. The van der Waals surface area contributed by atoms with Crippen LogP contribution in [0.3, 0.4) is 0 Å². The van der Waals surface area contributed by atoms with Crippen LogP contribution in [0.5, 0.6) is 0 Å². The van der Waals surface area contributed by atoms with E-state index in [1.165, 1.54) is 0 Å². The second-order valence-corrected chi connectivity index (χ2v) is 2.35. The van der Waals surface area contributed by atoms with Crippen LogP contribution in [-0.2, 0) is 4.79 Å². The molecule has 0 aromatic heterocycles. The van der Waals surface area contributed by atoms with Crippen molar-refractivity contribution in [2.75, 3.05) is 6.54 Å². The van der Waals surface area contributed by atoms with E-state index in [-0.39, 0.29) is 0 Å². The summed E-state index contributed by atoms with van der Waals surface area (Å²) in [6.07, 6.45) is 1.18. The number of nitriles is 1. The van der Waals surface area contributed by atoms with Crippen molar-refractivity contribution in [3.8, 4) is 6.07 Å². The Bertz CT molecular complexity index is 188. The van der Waals surface area contributed by atoms with E-state index in [0.29, 0.717) is 13.0 Å². The molecule has 2 N–H and O–H groups in total. The average Bonchev–Trinajstić information content (AvgIpc) is 2.35. The number of carbonyl (C=O) groups is 1. The second-order valence-electron chi connectivity index (χ2n) is 2.35. The van der Waals surface area contributed by atoms with Gasteiger partial charge < -0.3 is 5.11 Å². The van der Waals surface area contributed by atoms with Gasteiger partial charge >= 0.3 is 5.97 Å². The van der Waals surface area contributed by atoms with Crippen LogP contribution in [0.15, 0.2) is 0 Å². The Morgan fingerprint density at radius 2 is 2.50 bits per heavy atom. The van der Waals surface area contributed by atoms with Crippen LogP contribution in [0.2, 0.25) is 0 Å². The minimum absolute atomic E-state index is 0.416. The molecule has 54 valence electrons. The molecule has 0 unspecified atom stereocenters. The zero-order valence-corrected chi connectivity index (χ0v) is 5.42. The number of hydrogen-bond acceptors (Lipinski definition) is 3. The Balaban J connectivity index is 2.80. The first-order chi connectivity index (χ1) is 4.71. The van der Waals surface area contributed by atoms with E-state index >= 15 is 0 Å². The molecule has 0 amide bonds. The number of carboxylic acid groups (broad SMARTS) is 1. The van der Waals surface area contributed by atoms with Crippen molar-refractivity contribution in [3.05, 3.63) is 0 Å². The zero-order chi connectivity index (χ0) is 7.61. The SMILES string of the molecule is N#C[C@]1(C(=O)O)CCCN1. The van der Waals surface area contributed by atoms with Crippen LogP contribution in [0, 0.1) is 11.3 Å². The van der Waals surface area contributed by atoms with Gasteiger partial charge in [0.05, 0.1) is 6.07 Å². The van der Waals surface area contributed by atoms with E-state index in [0.717, 1.165) is 6.42 Å². The monoisotopic (exact) mass is 140 g/mol. The highest BCUT2D eigenvalue weighted by Gasteiger charge is 2.41. The summed E-state index contributed by atoms with van der Waals surface area (Å²) in [5, 5.41) is 19.7. The zero-order valence-electron chi connectivity index (χ0n) is 5.42. The first kappa shape index (κ1) is 7.03. The highest BCUT2D eigenvalue weighted by Crippen LogP contribution is 2.17. The molecule has 0 spiro atoms. The van der Waals surface area contributed by atoms with E-state index in [1.54, 1.807) is 6.07 Å². The van der Waals surface area contributed by atoms with Gasteiger partial charge in [-0.05, 0) is 19.4 Å². The van der Waals surface area contributed by atoms with Gasteiger partial charge in [-0.2, -0.15) is 5.26 Å². The summed E-state index contributed by atoms with van der Waals surface area (Å²) < 4.78 is 0. The largest absolute Gasteiger partial charge is 0.479 e. The molecule has 10 heavy (non-hydrogen) atoms. The standard InChI is InChI=1S/C6H8N2O2/c7-4-6(5(9)10)2-1-3-8-6/h8H,1-3H2,(H,9,10)/t6-/m0/s1. The van der Waals surface area contributed by atoms with Gasteiger partial charge in [-0.15, -0.1) is 0 Å². The smallest absolute Gasteiger partial charge is 0.338 e. The first-order valence-electron chi connectivity index (χ1n) is 3.11. The Kier molecular flexibility index (Phi) is 1.60.